The first-order valence-corrected chi connectivity index (χ1v) is 8.63. The van der Waals surface area contributed by atoms with E-state index in [4.69, 9.17) is 11.6 Å². The SMILES string of the molecule is O=C(C[C@@H]1Nc2cccc3cccc(c23)NC1=O)Nc1ccccc1Cl. The third-order valence-corrected chi connectivity index (χ3v) is 4.68. The van der Waals surface area contributed by atoms with Crippen LogP contribution in [0.5, 0.6) is 0 Å². The average molecular weight is 366 g/mol. The van der Waals surface area contributed by atoms with Gasteiger partial charge in [-0.05, 0) is 29.7 Å². The average Bonchev–Trinajstić information content (AvgIpc) is 2.76. The van der Waals surface area contributed by atoms with Gasteiger partial charge in [0.2, 0.25) is 11.8 Å². The van der Waals surface area contributed by atoms with E-state index in [2.05, 4.69) is 16.0 Å². The number of anilines is 3. The maximum atomic E-state index is 12.6. The molecule has 0 fully saturated rings. The maximum absolute atomic E-state index is 12.6. The third-order valence-electron chi connectivity index (χ3n) is 4.35. The van der Waals surface area contributed by atoms with Gasteiger partial charge in [0.15, 0.2) is 0 Å². The van der Waals surface area contributed by atoms with Crippen LogP contribution in [-0.4, -0.2) is 17.9 Å². The minimum Gasteiger partial charge on any atom is -0.373 e. The van der Waals surface area contributed by atoms with Gasteiger partial charge in [-0.1, -0.05) is 48.0 Å². The Balaban J connectivity index is 1.57. The Labute approximate surface area is 155 Å². The molecule has 0 bridgehead atoms. The second-order valence-corrected chi connectivity index (χ2v) is 6.53. The Morgan fingerprint density at radius 1 is 1.00 bits per heavy atom. The minimum atomic E-state index is -0.685. The van der Waals surface area contributed by atoms with E-state index in [1.807, 2.05) is 36.4 Å². The highest BCUT2D eigenvalue weighted by Crippen LogP contribution is 2.33. The van der Waals surface area contributed by atoms with Crippen LogP contribution < -0.4 is 16.0 Å². The van der Waals surface area contributed by atoms with Crippen LogP contribution in [0.4, 0.5) is 17.1 Å². The van der Waals surface area contributed by atoms with Crippen LogP contribution in [0.15, 0.2) is 60.7 Å². The molecule has 0 aliphatic carbocycles. The summed E-state index contributed by atoms with van der Waals surface area (Å²) in [6.45, 7) is 0. The molecule has 1 atom stereocenters. The second-order valence-electron chi connectivity index (χ2n) is 6.13. The lowest BCUT2D eigenvalue weighted by molar-refractivity contribution is -0.121. The second kappa shape index (κ2) is 6.69. The van der Waals surface area contributed by atoms with Crippen molar-refractivity contribution in [2.24, 2.45) is 0 Å². The molecular weight excluding hydrogens is 350 g/mol. The predicted octanol–water partition coefficient (Wildman–Crippen LogP) is 4.25. The van der Waals surface area contributed by atoms with Gasteiger partial charge >= 0.3 is 0 Å². The number of nitrogens with one attached hydrogen (secondary N) is 3. The molecule has 0 saturated heterocycles. The topological polar surface area (TPSA) is 70.2 Å². The zero-order valence-corrected chi connectivity index (χ0v) is 14.5. The summed E-state index contributed by atoms with van der Waals surface area (Å²) >= 11 is 6.07. The molecule has 5 nitrogen and oxygen atoms in total. The van der Waals surface area contributed by atoms with Crippen molar-refractivity contribution < 1.29 is 9.59 Å². The molecule has 1 aliphatic heterocycles. The van der Waals surface area contributed by atoms with Crippen molar-refractivity contribution in [3.8, 4) is 0 Å². The first-order valence-electron chi connectivity index (χ1n) is 8.25. The number of rotatable bonds is 3. The Bertz CT molecular complexity index is 1010. The van der Waals surface area contributed by atoms with E-state index in [0.717, 1.165) is 22.1 Å². The van der Waals surface area contributed by atoms with Crippen LogP contribution in [0.2, 0.25) is 5.02 Å². The summed E-state index contributed by atoms with van der Waals surface area (Å²) in [5.74, 6) is -0.535. The summed E-state index contributed by atoms with van der Waals surface area (Å²) in [4.78, 5) is 25.0. The van der Waals surface area contributed by atoms with Gasteiger partial charge < -0.3 is 16.0 Å². The molecule has 3 aromatic rings. The van der Waals surface area contributed by atoms with E-state index < -0.39 is 6.04 Å². The van der Waals surface area contributed by atoms with E-state index in [0.29, 0.717) is 10.7 Å². The van der Waals surface area contributed by atoms with Crippen molar-refractivity contribution in [1.82, 2.24) is 0 Å². The van der Waals surface area contributed by atoms with E-state index in [-0.39, 0.29) is 18.2 Å². The van der Waals surface area contributed by atoms with Crippen molar-refractivity contribution in [2.75, 3.05) is 16.0 Å². The third kappa shape index (κ3) is 3.09. The fourth-order valence-electron chi connectivity index (χ4n) is 3.13. The van der Waals surface area contributed by atoms with E-state index in [1.165, 1.54) is 0 Å². The van der Waals surface area contributed by atoms with Crippen LogP contribution in [0, 0.1) is 0 Å². The smallest absolute Gasteiger partial charge is 0.247 e. The van der Waals surface area contributed by atoms with Gasteiger partial charge in [-0.3, -0.25) is 9.59 Å². The number of hydrogen-bond acceptors (Lipinski definition) is 3. The van der Waals surface area contributed by atoms with Crippen molar-refractivity contribution in [3.63, 3.8) is 0 Å². The summed E-state index contributed by atoms with van der Waals surface area (Å²) in [7, 11) is 0. The number of carbonyl (C=O) groups is 2. The van der Waals surface area contributed by atoms with Gasteiger partial charge in [0.1, 0.15) is 6.04 Å². The highest BCUT2D eigenvalue weighted by molar-refractivity contribution is 6.33. The van der Waals surface area contributed by atoms with Gasteiger partial charge in [-0.15, -0.1) is 0 Å². The van der Waals surface area contributed by atoms with Crippen molar-refractivity contribution in [3.05, 3.63) is 65.7 Å². The Morgan fingerprint density at radius 2 is 1.73 bits per heavy atom. The maximum Gasteiger partial charge on any atom is 0.247 e. The number of amides is 2. The van der Waals surface area contributed by atoms with Gasteiger partial charge in [0, 0.05) is 11.1 Å². The Morgan fingerprint density at radius 3 is 2.50 bits per heavy atom. The van der Waals surface area contributed by atoms with E-state index in [9.17, 15) is 9.59 Å². The first kappa shape index (κ1) is 16.4. The molecule has 0 radical (unpaired) electrons. The normalized spacial score (nSPS) is 15.7. The molecule has 0 aromatic heterocycles. The lowest BCUT2D eigenvalue weighted by atomic mass is 10.1. The van der Waals surface area contributed by atoms with E-state index in [1.54, 1.807) is 24.3 Å². The van der Waals surface area contributed by atoms with Crippen LogP contribution in [0.3, 0.4) is 0 Å². The van der Waals surface area contributed by atoms with Crippen LogP contribution >= 0.6 is 11.6 Å². The number of para-hydroxylation sites is 1. The molecule has 130 valence electrons. The molecule has 1 heterocycles. The van der Waals surface area contributed by atoms with Crippen LogP contribution in [0.1, 0.15) is 6.42 Å². The zero-order valence-electron chi connectivity index (χ0n) is 13.8. The molecule has 26 heavy (non-hydrogen) atoms. The number of hydrogen-bond donors (Lipinski definition) is 3. The van der Waals surface area contributed by atoms with Gasteiger partial charge in [0.05, 0.1) is 22.8 Å². The fourth-order valence-corrected chi connectivity index (χ4v) is 3.31. The molecule has 3 N–H and O–H groups in total. The molecule has 0 saturated carbocycles. The van der Waals surface area contributed by atoms with Crippen molar-refractivity contribution in [1.29, 1.82) is 0 Å². The molecule has 0 spiro atoms. The summed E-state index contributed by atoms with van der Waals surface area (Å²) in [6, 6.07) is 17.9. The highest BCUT2D eigenvalue weighted by atomic mass is 35.5. The van der Waals surface area contributed by atoms with Crippen molar-refractivity contribution in [2.45, 2.75) is 12.5 Å². The van der Waals surface area contributed by atoms with Gasteiger partial charge in [0.25, 0.3) is 0 Å². The molecule has 1 aliphatic rings. The first-order chi connectivity index (χ1) is 12.6. The van der Waals surface area contributed by atoms with Gasteiger partial charge in [-0.2, -0.15) is 0 Å². The molecule has 4 rings (SSSR count). The molecule has 6 heteroatoms. The highest BCUT2D eigenvalue weighted by Gasteiger charge is 2.26. The summed E-state index contributed by atoms with van der Waals surface area (Å²) < 4.78 is 0. The van der Waals surface area contributed by atoms with Crippen molar-refractivity contribution >= 4 is 51.2 Å². The molecular formula is C20H16ClN3O2. The summed E-state index contributed by atoms with van der Waals surface area (Å²) in [6.07, 6.45) is -0.0125. The lowest BCUT2D eigenvalue weighted by Crippen LogP contribution is -2.36. The molecule has 0 unspecified atom stereocenters. The van der Waals surface area contributed by atoms with Crippen LogP contribution in [0.25, 0.3) is 10.8 Å². The predicted molar refractivity (Wildman–Crippen MR) is 105 cm³/mol. The summed E-state index contributed by atoms with van der Waals surface area (Å²) in [5.41, 5.74) is 2.09. The quantitative estimate of drug-likeness (QED) is 0.649. The summed E-state index contributed by atoms with van der Waals surface area (Å²) in [5, 5.41) is 11.3. The Hall–Kier alpha value is -3.05. The Kier molecular flexibility index (Phi) is 4.22. The number of benzene rings is 3. The monoisotopic (exact) mass is 365 g/mol. The fraction of sp³-hybridized carbons (Fsp3) is 0.100. The number of carbonyl (C=O) groups excluding carboxylic acids is 2. The van der Waals surface area contributed by atoms with Gasteiger partial charge in [-0.25, -0.2) is 0 Å². The zero-order chi connectivity index (χ0) is 18.1. The molecule has 2 amide bonds. The van der Waals surface area contributed by atoms with Crippen LogP contribution in [-0.2, 0) is 9.59 Å². The standard InChI is InChI=1S/C20H16ClN3O2/c21-13-7-1-2-8-14(13)23-18(25)11-17-20(26)24-16-10-4-6-12-5-3-9-15(22-17)19(12)16/h1-10,17,22H,11H2,(H,23,25)(H,24,26)/t17-/m0/s1. The lowest BCUT2D eigenvalue weighted by Gasteiger charge is -2.16. The largest absolute Gasteiger partial charge is 0.373 e. The number of halogens is 1. The van der Waals surface area contributed by atoms with E-state index >= 15 is 0 Å². The molecule has 3 aromatic carbocycles. The minimum absolute atomic E-state index is 0.0125.